The highest BCUT2D eigenvalue weighted by atomic mass is 16.4. The van der Waals surface area contributed by atoms with E-state index in [2.05, 4.69) is 15.2 Å². The van der Waals surface area contributed by atoms with Crippen LogP contribution in [0, 0.1) is 0 Å². The first-order valence-corrected chi connectivity index (χ1v) is 7.94. The van der Waals surface area contributed by atoms with Gasteiger partial charge in [0, 0.05) is 32.7 Å². The van der Waals surface area contributed by atoms with Crippen LogP contribution in [-0.2, 0) is 4.79 Å². The minimum Gasteiger partial charge on any atom is -0.423 e. The summed E-state index contributed by atoms with van der Waals surface area (Å²) >= 11 is 0. The number of hydrogen-bond donors (Lipinski definition) is 1. The molecular weight excluding hydrogens is 280 g/mol. The van der Waals surface area contributed by atoms with Crippen molar-refractivity contribution in [3.8, 4) is 0 Å². The average molecular weight is 300 g/mol. The summed E-state index contributed by atoms with van der Waals surface area (Å²) in [5.41, 5.74) is 1.65. The molecule has 0 spiro atoms. The van der Waals surface area contributed by atoms with E-state index in [1.54, 1.807) is 0 Å². The summed E-state index contributed by atoms with van der Waals surface area (Å²) in [6.07, 6.45) is 2.24. The third-order valence-corrected chi connectivity index (χ3v) is 4.44. The second-order valence-electron chi connectivity index (χ2n) is 5.95. The van der Waals surface area contributed by atoms with Gasteiger partial charge in [0.1, 0.15) is 11.6 Å². The Morgan fingerprint density at radius 1 is 1.23 bits per heavy atom. The first kappa shape index (κ1) is 13.6. The normalized spacial score (nSPS) is 22.5. The highest BCUT2D eigenvalue weighted by Crippen LogP contribution is 2.23. The lowest BCUT2D eigenvalue weighted by molar-refractivity contribution is -0.132. The lowest BCUT2D eigenvalue weighted by Gasteiger charge is -2.33. The van der Waals surface area contributed by atoms with Gasteiger partial charge in [-0.2, -0.15) is 4.98 Å². The van der Waals surface area contributed by atoms with E-state index in [4.69, 9.17) is 4.42 Å². The van der Waals surface area contributed by atoms with Crippen LogP contribution < -0.4 is 10.2 Å². The van der Waals surface area contributed by atoms with Crippen LogP contribution in [-0.4, -0.2) is 54.6 Å². The molecule has 0 radical (unpaired) electrons. The van der Waals surface area contributed by atoms with Crippen molar-refractivity contribution in [2.45, 2.75) is 18.9 Å². The molecule has 116 valence electrons. The van der Waals surface area contributed by atoms with Gasteiger partial charge in [-0.1, -0.05) is 12.1 Å². The molecular formula is C16H20N4O2. The molecule has 6 heteroatoms. The minimum absolute atomic E-state index is 0.165. The van der Waals surface area contributed by atoms with Crippen molar-refractivity contribution in [1.29, 1.82) is 0 Å². The fraction of sp³-hybridized carbons (Fsp3) is 0.500. The Morgan fingerprint density at radius 3 is 2.86 bits per heavy atom. The van der Waals surface area contributed by atoms with E-state index >= 15 is 0 Å². The number of likely N-dealkylation sites (tertiary alicyclic amines) is 1. The number of fused-ring (bicyclic) bond motifs is 1. The predicted octanol–water partition coefficient (Wildman–Crippen LogP) is 1.23. The second kappa shape index (κ2) is 5.61. The lowest BCUT2D eigenvalue weighted by atomic mass is 10.2. The molecule has 2 saturated heterocycles. The number of rotatable bonds is 2. The molecule has 1 aromatic heterocycles. The van der Waals surface area contributed by atoms with Gasteiger partial charge in [0.25, 0.3) is 6.01 Å². The fourth-order valence-electron chi connectivity index (χ4n) is 3.24. The predicted molar refractivity (Wildman–Crippen MR) is 83.8 cm³/mol. The van der Waals surface area contributed by atoms with Crippen molar-refractivity contribution < 1.29 is 9.21 Å². The van der Waals surface area contributed by atoms with Crippen molar-refractivity contribution >= 4 is 23.0 Å². The van der Waals surface area contributed by atoms with Crippen LogP contribution in [0.2, 0.25) is 0 Å². The molecule has 1 unspecified atom stereocenters. The van der Waals surface area contributed by atoms with E-state index in [0.717, 1.165) is 50.1 Å². The zero-order chi connectivity index (χ0) is 14.9. The number of hydrogen-bond acceptors (Lipinski definition) is 5. The van der Waals surface area contributed by atoms with Crippen LogP contribution in [0.4, 0.5) is 6.01 Å². The van der Waals surface area contributed by atoms with Gasteiger partial charge in [0.2, 0.25) is 5.91 Å². The Hall–Kier alpha value is -2.08. The van der Waals surface area contributed by atoms with Crippen LogP contribution in [0.1, 0.15) is 12.8 Å². The third kappa shape index (κ3) is 2.43. The number of benzene rings is 1. The van der Waals surface area contributed by atoms with Crippen LogP contribution in [0.25, 0.3) is 11.1 Å². The summed E-state index contributed by atoms with van der Waals surface area (Å²) in [5, 5.41) is 3.33. The molecule has 4 rings (SSSR count). The summed E-state index contributed by atoms with van der Waals surface area (Å²) < 4.78 is 5.82. The number of carbonyl (C=O) groups is 1. The number of nitrogens with one attached hydrogen (secondary N) is 1. The Balaban J connectivity index is 1.51. The molecule has 2 aromatic rings. The third-order valence-electron chi connectivity index (χ3n) is 4.44. The van der Waals surface area contributed by atoms with E-state index in [1.165, 1.54) is 0 Å². The van der Waals surface area contributed by atoms with Gasteiger partial charge >= 0.3 is 0 Å². The van der Waals surface area contributed by atoms with Crippen LogP contribution in [0.3, 0.4) is 0 Å². The average Bonchev–Trinajstić information content (AvgIpc) is 3.23. The molecule has 1 amide bonds. The van der Waals surface area contributed by atoms with Gasteiger partial charge in [-0.25, -0.2) is 0 Å². The number of carbonyl (C=O) groups excluding carboxylic acids is 1. The number of anilines is 1. The number of piperazine rings is 1. The minimum atomic E-state index is -0.165. The van der Waals surface area contributed by atoms with E-state index in [9.17, 15) is 4.79 Å². The summed E-state index contributed by atoms with van der Waals surface area (Å²) in [6.45, 7) is 3.96. The SMILES string of the molecule is O=C(C1CN(c2nc3ccccc3o2)CCN1)N1CCCC1. The molecule has 0 saturated carbocycles. The smallest absolute Gasteiger partial charge is 0.298 e. The maximum atomic E-state index is 12.5. The number of amides is 1. The first-order chi connectivity index (χ1) is 10.8. The van der Waals surface area contributed by atoms with Gasteiger partial charge in [0.15, 0.2) is 5.58 Å². The Kier molecular flexibility index (Phi) is 3.46. The zero-order valence-corrected chi connectivity index (χ0v) is 12.5. The molecule has 0 aliphatic carbocycles. The Bertz CT molecular complexity index is 645. The maximum absolute atomic E-state index is 12.5. The Morgan fingerprint density at radius 2 is 2.05 bits per heavy atom. The number of aromatic nitrogens is 1. The van der Waals surface area contributed by atoms with E-state index in [-0.39, 0.29) is 11.9 Å². The largest absolute Gasteiger partial charge is 0.423 e. The molecule has 22 heavy (non-hydrogen) atoms. The molecule has 2 aliphatic heterocycles. The molecule has 1 aromatic carbocycles. The van der Waals surface area contributed by atoms with Gasteiger partial charge in [-0.3, -0.25) is 4.79 Å². The molecule has 6 nitrogen and oxygen atoms in total. The van der Waals surface area contributed by atoms with Crippen LogP contribution >= 0.6 is 0 Å². The van der Waals surface area contributed by atoms with Gasteiger partial charge < -0.3 is 19.5 Å². The summed E-state index contributed by atoms with van der Waals surface area (Å²) in [5.74, 6) is 0.207. The molecule has 3 heterocycles. The van der Waals surface area contributed by atoms with Gasteiger partial charge in [-0.15, -0.1) is 0 Å². The van der Waals surface area contributed by atoms with E-state index < -0.39 is 0 Å². The number of para-hydroxylation sites is 2. The monoisotopic (exact) mass is 300 g/mol. The van der Waals surface area contributed by atoms with Crippen molar-refractivity contribution in [2.24, 2.45) is 0 Å². The molecule has 0 bridgehead atoms. The van der Waals surface area contributed by atoms with Gasteiger partial charge in [-0.05, 0) is 25.0 Å². The van der Waals surface area contributed by atoms with Crippen molar-refractivity contribution in [2.75, 3.05) is 37.6 Å². The number of oxazole rings is 1. The standard InChI is InChI=1S/C16H20N4O2/c21-15(19-8-3-4-9-19)13-11-20(10-7-17-13)16-18-12-5-1-2-6-14(12)22-16/h1-2,5-6,13,17H,3-4,7-11H2. The molecule has 1 N–H and O–H groups in total. The van der Waals surface area contributed by atoms with Crippen LogP contribution in [0.15, 0.2) is 28.7 Å². The Labute approximate surface area is 129 Å². The topological polar surface area (TPSA) is 61.6 Å². The van der Waals surface area contributed by atoms with Crippen molar-refractivity contribution in [3.05, 3.63) is 24.3 Å². The maximum Gasteiger partial charge on any atom is 0.298 e. The van der Waals surface area contributed by atoms with E-state index in [0.29, 0.717) is 12.6 Å². The second-order valence-corrected chi connectivity index (χ2v) is 5.95. The quantitative estimate of drug-likeness (QED) is 0.904. The lowest BCUT2D eigenvalue weighted by Crippen LogP contribution is -2.57. The summed E-state index contributed by atoms with van der Waals surface area (Å²) in [6, 6.07) is 8.20. The van der Waals surface area contributed by atoms with Crippen molar-refractivity contribution in [3.63, 3.8) is 0 Å². The molecule has 2 fully saturated rings. The van der Waals surface area contributed by atoms with Crippen LogP contribution in [0.5, 0.6) is 0 Å². The zero-order valence-electron chi connectivity index (χ0n) is 12.5. The molecule has 1 atom stereocenters. The highest BCUT2D eigenvalue weighted by Gasteiger charge is 2.31. The summed E-state index contributed by atoms with van der Waals surface area (Å²) in [4.78, 5) is 21.1. The highest BCUT2D eigenvalue weighted by molar-refractivity contribution is 5.83. The van der Waals surface area contributed by atoms with E-state index in [1.807, 2.05) is 29.2 Å². The van der Waals surface area contributed by atoms with Gasteiger partial charge in [0.05, 0.1) is 0 Å². The fourth-order valence-corrected chi connectivity index (χ4v) is 3.24. The number of nitrogens with zero attached hydrogens (tertiary/aromatic N) is 3. The first-order valence-electron chi connectivity index (χ1n) is 7.94. The molecule has 2 aliphatic rings. The van der Waals surface area contributed by atoms with Crippen molar-refractivity contribution in [1.82, 2.24) is 15.2 Å². The summed E-state index contributed by atoms with van der Waals surface area (Å²) in [7, 11) is 0.